The van der Waals surface area contributed by atoms with Gasteiger partial charge in [-0.15, -0.1) is 0 Å². The van der Waals surface area contributed by atoms with Crippen LogP contribution >= 0.6 is 11.6 Å². The second-order valence-electron chi connectivity index (χ2n) is 10.1. The molecular formula is C28H34ClN3O7S. The van der Waals surface area contributed by atoms with Crippen LogP contribution in [0.25, 0.3) is 0 Å². The fourth-order valence-corrected chi connectivity index (χ4v) is 5.83. The summed E-state index contributed by atoms with van der Waals surface area (Å²) in [6.45, 7) is 8.27. The van der Waals surface area contributed by atoms with Crippen LogP contribution in [0.1, 0.15) is 33.4 Å². The highest BCUT2D eigenvalue weighted by molar-refractivity contribution is 7.92. The second kappa shape index (κ2) is 12.7. The largest absolute Gasteiger partial charge is 0.497 e. The molecule has 10 nitrogen and oxygen atoms in total. The zero-order chi connectivity index (χ0) is 28.9. The molecule has 2 heterocycles. The van der Waals surface area contributed by atoms with Gasteiger partial charge in [-0.1, -0.05) is 43.6 Å². The van der Waals surface area contributed by atoms with Crippen LogP contribution in [0.5, 0.6) is 17.2 Å². The SMILES string of the molecule is COc1ccc(Cl)c(Oc2c(COCC3COC(C)(C)O3)ncnc2N(CC(C)C)S(=O)(=O)c2ccccc2)c1. The van der Waals surface area contributed by atoms with E-state index in [0.717, 1.165) is 0 Å². The summed E-state index contributed by atoms with van der Waals surface area (Å²) in [4.78, 5) is 8.90. The molecule has 4 rings (SSSR count). The zero-order valence-electron chi connectivity index (χ0n) is 23.2. The second-order valence-corrected chi connectivity index (χ2v) is 12.3. The van der Waals surface area contributed by atoms with Gasteiger partial charge in [0.1, 0.15) is 29.6 Å². The van der Waals surface area contributed by atoms with Crippen LogP contribution in [0.4, 0.5) is 5.82 Å². The number of aromatic nitrogens is 2. The molecule has 0 saturated carbocycles. The summed E-state index contributed by atoms with van der Waals surface area (Å²) >= 11 is 6.46. The first-order valence-corrected chi connectivity index (χ1v) is 14.6. The van der Waals surface area contributed by atoms with Crippen LogP contribution in [0.2, 0.25) is 5.02 Å². The fraction of sp³-hybridized carbons (Fsp3) is 0.429. The Balaban J connectivity index is 1.76. The quantitative estimate of drug-likeness (QED) is 0.271. The Labute approximate surface area is 240 Å². The first-order chi connectivity index (χ1) is 19.0. The number of ether oxygens (including phenoxy) is 5. The van der Waals surface area contributed by atoms with Gasteiger partial charge in [-0.05, 0) is 44.0 Å². The van der Waals surface area contributed by atoms with E-state index in [1.54, 1.807) is 48.5 Å². The van der Waals surface area contributed by atoms with Gasteiger partial charge in [0.05, 0.1) is 36.8 Å². The Hall–Kier alpha value is -2.96. The van der Waals surface area contributed by atoms with Gasteiger partial charge in [-0.2, -0.15) is 0 Å². The number of methoxy groups -OCH3 is 1. The van der Waals surface area contributed by atoms with Gasteiger partial charge in [0.25, 0.3) is 10.0 Å². The van der Waals surface area contributed by atoms with E-state index in [-0.39, 0.29) is 54.0 Å². The lowest BCUT2D eigenvalue weighted by molar-refractivity contribution is -0.145. The van der Waals surface area contributed by atoms with Crippen molar-refractivity contribution in [3.63, 3.8) is 0 Å². The molecule has 40 heavy (non-hydrogen) atoms. The van der Waals surface area contributed by atoms with Crippen LogP contribution in [-0.4, -0.2) is 57.1 Å². The van der Waals surface area contributed by atoms with Gasteiger partial charge < -0.3 is 23.7 Å². The van der Waals surface area contributed by atoms with Crippen molar-refractivity contribution >= 4 is 27.4 Å². The molecule has 0 spiro atoms. The lowest BCUT2D eigenvalue weighted by Gasteiger charge is -2.27. The summed E-state index contributed by atoms with van der Waals surface area (Å²) in [6, 6.07) is 13.1. The molecule has 0 radical (unpaired) electrons. The monoisotopic (exact) mass is 591 g/mol. The number of nitrogens with zero attached hydrogens (tertiary/aromatic N) is 3. The Morgan fingerprint density at radius 2 is 1.90 bits per heavy atom. The third-order valence-electron chi connectivity index (χ3n) is 5.92. The maximum absolute atomic E-state index is 13.9. The lowest BCUT2D eigenvalue weighted by Crippen LogP contribution is -2.35. The summed E-state index contributed by atoms with van der Waals surface area (Å²) in [5.74, 6) is 0.191. The molecule has 1 unspecified atom stereocenters. The normalized spacial score (nSPS) is 16.7. The zero-order valence-corrected chi connectivity index (χ0v) is 24.7. The first kappa shape index (κ1) is 30.0. The molecule has 12 heteroatoms. The van der Waals surface area contributed by atoms with Gasteiger partial charge in [0, 0.05) is 12.6 Å². The van der Waals surface area contributed by atoms with Crippen LogP contribution in [0, 0.1) is 5.92 Å². The van der Waals surface area contributed by atoms with Crippen LogP contribution < -0.4 is 13.8 Å². The van der Waals surface area contributed by atoms with Crippen molar-refractivity contribution < 1.29 is 32.1 Å². The average Bonchev–Trinajstić information content (AvgIpc) is 3.27. The fourth-order valence-electron chi connectivity index (χ4n) is 4.07. The predicted octanol–water partition coefficient (Wildman–Crippen LogP) is 5.45. The minimum atomic E-state index is -4.02. The number of benzene rings is 2. The molecule has 2 aromatic carbocycles. The summed E-state index contributed by atoms with van der Waals surface area (Å²) in [5.41, 5.74) is 0.332. The summed E-state index contributed by atoms with van der Waals surface area (Å²) < 4.78 is 58.0. The Bertz CT molecular complexity index is 1400. The van der Waals surface area contributed by atoms with Gasteiger partial charge in [-0.3, -0.25) is 0 Å². The predicted molar refractivity (Wildman–Crippen MR) is 150 cm³/mol. The van der Waals surface area contributed by atoms with Crippen molar-refractivity contribution in [2.45, 2.75) is 51.1 Å². The van der Waals surface area contributed by atoms with E-state index in [2.05, 4.69) is 9.97 Å². The maximum Gasteiger partial charge on any atom is 0.265 e. The Morgan fingerprint density at radius 1 is 1.15 bits per heavy atom. The average molecular weight is 592 g/mol. The Kier molecular flexibility index (Phi) is 9.52. The first-order valence-electron chi connectivity index (χ1n) is 12.8. The number of sulfonamides is 1. The van der Waals surface area contributed by atoms with Gasteiger partial charge in [0.2, 0.25) is 0 Å². The minimum absolute atomic E-state index is 0.00632. The molecule has 1 aromatic heterocycles. The number of hydrogen-bond acceptors (Lipinski definition) is 9. The smallest absolute Gasteiger partial charge is 0.265 e. The van der Waals surface area contributed by atoms with E-state index < -0.39 is 15.8 Å². The van der Waals surface area contributed by atoms with Crippen LogP contribution in [0.3, 0.4) is 0 Å². The topological polar surface area (TPSA) is 109 Å². The van der Waals surface area contributed by atoms with E-state index in [0.29, 0.717) is 23.1 Å². The molecule has 1 aliphatic heterocycles. The number of anilines is 1. The molecular weight excluding hydrogens is 558 g/mol. The molecule has 3 aromatic rings. The van der Waals surface area contributed by atoms with Gasteiger partial charge >= 0.3 is 0 Å². The van der Waals surface area contributed by atoms with Crippen molar-refractivity contribution in [2.24, 2.45) is 5.92 Å². The van der Waals surface area contributed by atoms with E-state index >= 15 is 0 Å². The van der Waals surface area contributed by atoms with E-state index in [1.807, 2.05) is 27.7 Å². The van der Waals surface area contributed by atoms with Gasteiger partial charge in [-0.25, -0.2) is 22.7 Å². The third-order valence-corrected chi connectivity index (χ3v) is 8.00. The summed E-state index contributed by atoms with van der Waals surface area (Å²) in [6.07, 6.45) is 1.03. The molecule has 216 valence electrons. The number of hydrogen-bond donors (Lipinski definition) is 0. The number of rotatable bonds is 12. The Morgan fingerprint density at radius 3 is 2.55 bits per heavy atom. The number of halogens is 1. The lowest BCUT2D eigenvalue weighted by atomic mass is 10.2. The minimum Gasteiger partial charge on any atom is -0.497 e. The third kappa shape index (κ3) is 7.21. The highest BCUT2D eigenvalue weighted by atomic mass is 35.5. The maximum atomic E-state index is 13.9. The van der Waals surface area contributed by atoms with Crippen molar-refractivity contribution in [3.8, 4) is 17.2 Å². The molecule has 0 N–H and O–H groups in total. The highest BCUT2D eigenvalue weighted by Crippen LogP contribution is 2.40. The van der Waals surface area contributed by atoms with E-state index in [1.165, 1.54) is 17.7 Å². The van der Waals surface area contributed by atoms with Crippen LogP contribution in [-0.2, 0) is 30.8 Å². The van der Waals surface area contributed by atoms with Crippen molar-refractivity contribution in [2.75, 3.05) is 31.2 Å². The molecule has 1 atom stereocenters. The highest BCUT2D eigenvalue weighted by Gasteiger charge is 2.34. The molecule has 0 amide bonds. The van der Waals surface area contributed by atoms with Gasteiger partial charge in [0.15, 0.2) is 17.4 Å². The molecule has 1 fully saturated rings. The van der Waals surface area contributed by atoms with E-state index in [9.17, 15) is 8.42 Å². The molecule has 0 aliphatic carbocycles. The standard InChI is InChI=1S/C28H34ClN3O7S/c1-19(2)14-32(40(33,34)22-9-7-6-8-10-22)27-26(38-25-13-20(35-5)11-12-23(25)29)24(30-18-31-27)17-36-15-21-16-37-28(3,4)39-21/h6-13,18-19,21H,14-17H2,1-5H3. The van der Waals surface area contributed by atoms with Crippen LogP contribution in [0.15, 0.2) is 59.8 Å². The summed E-state index contributed by atoms with van der Waals surface area (Å²) in [5, 5.41) is 0.294. The molecule has 1 aliphatic rings. The van der Waals surface area contributed by atoms with E-state index in [4.69, 9.17) is 35.3 Å². The van der Waals surface area contributed by atoms with Crippen molar-refractivity contribution in [1.29, 1.82) is 0 Å². The molecule has 0 bridgehead atoms. The van der Waals surface area contributed by atoms with Crippen molar-refractivity contribution in [1.82, 2.24) is 9.97 Å². The summed E-state index contributed by atoms with van der Waals surface area (Å²) in [7, 11) is -2.50. The molecule has 1 saturated heterocycles. The van der Waals surface area contributed by atoms with Crippen molar-refractivity contribution in [3.05, 3.63) is 65.6 Å².